The lowest BCUT2D eigenvalue weighted by atomic mass is 10.0. The second-order valence-corrected chi connectivity index (χ2v) is 4.00. The number of hydrogen-bond acceptors (Lipinski definition) is 4. The van der Waals surface area contributed by atoms with Crippen molar-refractivity contribution in [2.24, 2.45) is 0 Å². The number of carbonyl (C=O) groups excluding carboxylic acids is 1. The molecule has 0 radical (unpaired) electrons. The van der Waals surface area contributed by atoms with Crippen LogP contribution in [0.4, 0.5) is 13.2 Å². The average Bonchev–Trinajstić information content (AvgIpc) is 2.45. The highest BCUT2D eigenvalue weighted by molar-refractivity contribution is 5.88. The van der Waals surface area contributed by atoms with E-state index in [1.54, 1.807) is 6.07 Å². The Kier molecular flexibility index (Phi) is 4.11. The Balaban J connectivity index is 2.49. The molecule has 1 heterocycles. The van der Waals surface area contributed by atoms with E-state index in [-0.39, 0.29) is 11.4 Å². The number of pyridine rings is 1. The zero-order valence-electron chi connectivity index (χ0n) is 10.8. The van der Waals surface area contributed by atoms with Crippen LogP contribution in [0.15, 0.2) is 36.5 Å². The van der Waals surface area contributed by atoms with Crippen molar-refractivity contribution in [2.75, 3.05) is 7.11 Å². The molecular weight excluding hydrogens is 287 g/mol. The number of alkyl halides is 3. The molecule has 110 valence electrons. The van der Waals surface area contributed by atoms with E-state index in [0.717, 1.165) is 12.1 Å². The van der Waals surface area contributed by atoms with Gasteiger partial charge in [-0.05, 0) is 35.4 Å². The molecule has 0 amide bonds. The predicted octanol–water partition coefficient (Wildman–Crippen LogP) is 3.47. The van der Waals surface area contributed by atoms with Gasteiger partial charge in [-0.1, -0.05) is 0 Å². The van der Waals surface area contributed by atoms with Gasteiger partial charge in [-0.15, -0.1) is 13.2 Å². The van der Waals surface area contributed by atoms with Crippen molar-refractivity contribution in [3.8, 4) is 22.8 Å². The molecule has 0 saturated heterocycles. The van der Waals surface area contributed by atoms with E-state index < -0.39 is 12.1 Å². The molecule has 2 aromatic rings. The number of nitrogens with zero attached hydrogens (tertiary/aromatic N) is 1. The Hall–Kier alpha value is -2.57. The highest BCUT2D eigenvalue weighted by atomic mass is 19.4. The van der Waals surface area contributed by atoms with Gasteiger partial charge in [0.15, 0.2) is 6.29 Å². The first-order valence-corrected chi connectivity index (χ1v) is 5.78. The maximum Gasteiger partial charge on any atom is 0.573 e. The molecule has 0 aliphatic heterocycles. The van der Waals surface area contributed by atoms with Crippen molar-refractivity contribution in [3.05, 3.63) is 42.1 Å². The van der Waals surface area contributed by atoms with Gasteiger partial charge in [0, 0.05) is 17.8 Å². The van der Waals surface area contributed by atoms with E-state index in [4.69, 9.17) is 4.74 Å². The maximum atomic E-state index is 12.3. The molecule has 0 spiro atoms. The van der Waals surface area contributed by atoms with Crippen LogP contribution >= 0.6 is 0 Å². The minimum Gasteiger partial charge on any atom is -0.481 e. The number of aldehydes is 1. The minimum absolute atomic E-state index is 0.234. The van der Waals surface area contributed by atoms with E-state index >= 15 is 0 Å². The van der Waals surface area contributed by atoms with Gasteiger partial charge in [0.05, 0.1) is 7.11 Å². The van der Waals surface area contributed by atoms with Crippen LogP contribution in [-0.2, 0) is 0 Å². The van der Waals surface area contributed by atoms with Crippen LogP contribution in [0.5, 0.6) is 11.6 Å². The smallest absolute Gasteiger partial charge is 0.481 e. The zero-order chi connectivity index (χ0) is 15.5. The lowest BCUT2D eigenvalue weighted by Gasteiger charge is -2.12. The molecule has 7 heteroatoms. The molecule has 1 aromatic carbocycles. The second-order valence-electron chi connectivity index (χ2n) is 4.00. The van der Waals surface area contributed by atoms with Crippen molar-refractivity contribution in [1.82, 2.24) is 4.98 Å². The molecule has 0 N–H and O–H groups in total. The van der Waals surface area contributed by atoms with Gasteiger partial charge in [-0.2, -0.15) is 0 Å². The second kappa shape index (κ2) is 5.82. The molecule has 2 rings (SSSR count). The number of halogens is 3. The van der Waals surface area contributed by atoms with Crippen LogP contribution in [-0.4, -0.2) is 24.7 Å². The fourth-order valence-electron chi connectivity index (χ4n) is 1.77. The molecule has 0 unspecified atom stereocenters. The number of ether oxygens (including phenoxy) is 2. The standard InChI is InChI=1S/C14H10F3NO3/c1-20-13-6-9(4-5-18-13)12-7-11(21-14(15,16)17)3-2-10(12)8-19/h2-8H,1H3. The first-order valence-electron chi connectivity index (χ1n) is 5.78. The molecule has 0 bridgehead atoms. The fraction of sp³-hybridized carbons (Fsp3) is 0.143. The quantitative estimate of drug-likeness (QED) is 0.811. The maximum absolute atomic E-state index is 12.3. The number of methoxy groups -OCH3 is 1. The third-order valence-electron chi connectivity index (χ3n) is 2.64. The summed E-state index contributed by atoms with van der Waals surface area (Å²) < 4.78 is 45.6. The molecule has 21 heavy (non-hydrogen) atoms. The Bertz CT molecular complexity index is 656. The van der Waals surface area contributed by atoms with Crippen LogP contribution in [0.3, 0.4) is 0 Å². The van der Waals surface area contributed by atoms with E-state index in [1.807, 2.05) is 0 Å². The number of hydrogen-bond donors (Lipinski definition) is 0. The summed E-state index contributed by atoms with van der Waals surface area (Å²) in [6, 6.07) is 6.56. The SMILES string of the molecule is COc1cc(-c2cc(OC(F)(F)F)ccc2C=O)ccn1. The van der Waals surface area contributed by atoms with Crippen molar-refractivity contribution in [1.29, 1.82) is 0 Å². The zero-order valence-corrected chi connectivity index (χ0v) is 10.8. The number of benzene rings is 1. The third-order valence-corrected chi connectivity index (χ3v) is 2.64. The van der Waals surface area contributed by atoms with Crippen LogP contribution < -0.4 is 9.47 Å². The van der Waals surface area contributed by atoms with Crippen molar-refractivity contribution < 1.29 is 27.4 Å². The van der Waals surface area contributed by atoms with Crippen LogP contribution in [0.2, 0.25) is 0 Å². The molecule has 0 aliphatic rings. The van der Waals surface area contributed by atoms with Crippen molar-refractivity contribution >= 4 is 6.29 Å². The van der Waals surface area contributed by atoms with Crippen LogP contribution in [0, 0.1) is 0 Å². The number of rotatable bonds is 4. The Morgan fingerprint density at radius 2 is 1.95 bits per heavy atom. The van der Waals surface area contributed by atoms with E-state index in [9.17, 15) is 18.0 Å². The number of carbonyl (C=O) groups is 1. The topological polar surface area (TPSA) is 48.4 Å². The summed E-state index contributed by atoms with van der Waals surface area (Å²) in [4.78, 5) is 14.9. The summed E-state index contributed by atoms with van der Waals surface area (Å²) >= 11 is 0. The molecule has 4 nitrogen and oxygen atoms in total. The van der Waals surface area contributed by atoms with Gasteiger partial charge in [0.1, 0.15) is 5.75 Å². The molecule has 0 atom stereocenters. The average molecular weight is 297 g/mol. The van der Waals surface area contributed by atoms with Gasteiger partial charge in [-0.25, -0.2) is 4.98 Å². The van der Waals surface area contributed by atoms with Gasteiger partial charge < -0.3 is 9.47 Å². The Morgan fingerprint density at radius 1 is 1.19 bits per heavy atom. The third kappa shape index (κ3) is 3.71. The fourth-order valence-corrected chi connectivity index (χ4v) is 1.77. The lowest BCUT2D eigenvalue weighted by Crippen LogP contribution is -2.17. The van der Waals surface area contributed by atoms with Gasteiger partial charge in [0.2, 0.25) is 5.88 Å². The minimum atomic E-state index is -4.80. The highest BCUT2D eigenvalue weighted by Gasteiger charge is 2.31. The first-order chi connectivity index (χ1) is 9.93. The molecule has 0 aliphatic carbocycles. The normalized spacial score (nSPS) is 11.0. The van der Waals surface area contributed by atoms with Crippen LogP contribution in [0.1, 0.15) is 10.4 Å². The van der Waals surface area contributed by atoms with Crippen molar-refractivity contribution in [3.63, 3.8) is 0 Å². The van der Waals surface area contributed by atoms with E-state index in [1.165, 1.54) is 25.4 Å². The summed E-state index contributed by atoms with van der Waals surface area (Å²) in [6.45, 7) is 0. The lowest BCUT2D eigenvalue weighted by molar-refractivity contribution is -0.274. The molecule has 0 saturated carbocycles. The highest BCUT2D eigenvalue weighted by Crippen LogP contribution is 2.31. The predicted molar refractivity (Wildman–Crippen MR) is 68.3 cm³/mol. The Morgan fingerprint density at radius 3 is 2.57 bits per heavy atom. The van der Waals surface area contributed by atoms with Gasteiger partial charge >= 0.3 is 6.36 Å². The molecule has 0 fully saturated rings. The molecular formula is C14H10F3NO3. The van der Waals surface area contributed by atoms with E-state index in [2.05, 4.69) is 9.72 Å². The largest absolute Gasteiger partial charge is 0.573 e. The summed E-state index contributed by atoms with van der Waals surface area (Å²) in [7, 11) is 1.41. The summed E-state index contributed by atoms with van der Waals surface area (Å²) in [5.41, 5.74) is 1.03. The van der Waals surface area contributed by atoms with Gasteiger partial charge in [-0.3, -0.25) is 4.79 Å². The molecule has 1 aromatic heterocycles. The monoisotopic (exact) mass is 297 g/mol. The van der Waals surface area contributed by atoms with Crippen LogP contribution in [0.25, 0.3) is 11.1 Å². The van der Waals surface area contributed by atoms with Crippen molar-refractivity contribution in [2.45, 2.75) is 6.36 Å². The summed E-state index contributed by atoms with van der Waals surface area (Å²) in [5, 5.41) is 0. The first kappa shape index (κ1) is 14.8. The Labute approximate surface area is 118 Å². The summed E-state index contributed by atoms with van der Waals surface area (Å²) in [5.74, 6) is -0.120. The van der Waals surface area contributed by atoms with E-state index in [0.29, 0.717) is 17.4 Å². The number of aromatic nitrogens is 1. The van der Waals surface area contributed by atoms with Gasteiger partial charge in [0.25, 0.3) is 0 Å². The summed E-state index contributed by atoms with van der Waals surface area (Å²) in [6.07, 6.45) is -2.81.